The zero-order valence-corrected chi connectivity index (χ0v) is 10.7. The van der Waals surface area contributed by atoms with Crippen molar-refractivity contribution in [1.29, 1.82) is 0 Å². The van der Waals surface area contributed by atoms with E-state index >= 15 is 0 Å². The number of rotatable bonds is 3. The summed E-state index contributed by atoms with van der Waals surface area (Å²) in [6.45, 7) is 0.402. The van der Waals surface area contributed by atoms with Crippen LogP contribution in [0.2, 0.25) is 5.15 Å². The van der Waals surface area contributed by atoms with Crippen LogP contribution in [0.1, 0.15) is 5.56 Å². The van der Waals surface area contributed by atoms with Crippen LogP contribution in [0.4, 0.5) is 15.9 Å². The fourth-order valence-electron chi connectivity index (χ4n) is 1.66. The van der Waals surface area contributed by atoms with E-state index in [4.69, 9.17) is 17.3 Å². The van der Waals surface area contributed by atoms with Crippen LogP contribution in [0.25, 0.3) is 0 Å². The number of nitrogens with zero attached hydrogens (tertiary/aromatic N) is 2. The Hall–Kier alpha value is -1.81. The summed E-state index contributed by atoms with van der Waals surface area (Å²) >= 11 is 5.84. The number of hydrogen-bond acceptors (Lipinski definition) is 3. The van der Waals surface area contributed by atoms with Crippen molar-refractivity contribution in [3.8, 4) is 0 Å². The van der Waals surface area contributed by atoms with Gasteiger partial charge in [-0.15, -0.1) is 0 Å². The van der Waals surface area contributed by atoms with Gasteiger partial charge in [0.2, 0.25) is 0 Å². The normalized spacial score (nSPS) is 10.4. The average Bonchev–Trinajstić information content (AvgIpc) is 2.31. The molecule has 0 amide bonds. The summed E-state index contributed by atoms with van der Waals surface area (Å²) in [5.74, 6) is 0.377. The molecule has 2 aromatic rings. The zero-order valence-electron chi connectivity index (χ0n) is 9.90. The Morgan fingerprint density at radius 1 is 1.33 bits per heavy atom. The first-order chi connectivity index (χ1) is 8.56. The van der Waals surface area contributed by atoms with E-state index in [9.17, 15) is 4.39 Å². The molecule has 2 N–H and O–H groups in total. The first-order valence-electron chi connectivity index (χ1n) is 5.44. The van der Waals surface area contributed by atoms with E-state index in [2.05, 4.69) is 4.98 Å². The number of nitrogen functional groups attached to an aromatic ring is 1. The number of pyridine rings is 1. The molecule has 0 radical (unpaired) electrons. The number of benzene rings is 1. The van der Waals surface area contributed by atoms with Crippen molar-refractivity contribution < 1.29 is 4.39 Å². The minimum Gasteiger partial charge on any atom is -0.399 e. The van der Waals surface area contributed by atoms with Gasteiger partial charge in [-0.25, -0.2) is 9.37 Å². The Kier molecular flexibility index (Phi) is 3.67. The molecule has 0 unspecified atom stereocenters. The molecule has 1 aromatic carbocycles. The highest BCUT2D eigenvalue weighted by molar-refractivity contribution is 6.29. The SMILES string of the molecule is CN(Cc1ccccc1F)c1cc(N)cc(Cl)n1. The second kappa shape index (κ2) is 5.23. The van der Waals surface area contributed by atoms with Gasteiger partial charge in [0.25, 0.3) is 0 Å². The molecule has 0 spiro atoms. The zero-order chi connectivity index (χ0) is 13.1. The fourth-order valence-corrected chi connectivity index (χ4v) is 1.87. The Bertz CT molecular complexity index is 539. The molecule has 5 heteroatoms. The lowest BCUT2D eigenvalue weighted by Crippen LogP contribution is -2.18. The fraction of sp³-hybridized carbons (Fsp3) is 0.154. The summed E-state index contributed by atoms with van der Waals surface area (Å²) in [7, 11) is 1.81. The number of halogens is 2. The second-order valence-corrected chi connectivity index (χ2v) is 4.42. The summed E-state index contributed by atoms with van der Waals surface area (Å²) in [6, 6.07) is 9.90. The van der Waals surface area contributed by atoms with Gasteiger partial charge in [0.05, 0.1) is 0 Å². The lowest BCUT2D eigenvalue weighted by molar-refractivity contribution is 0.607. The molecular weight excluding hydrogens is 253 g/mol. The maximum atomic E-state index is 13.5. The van der Waals surface area contributed by atoms with E-state index in [0.29, 0.717) is 28.8 Å². The highest BCUT2D eigenvalue weighted by Crippen LogP contribution is 2.20. The van der Waals surface area contributed by atoms with Crippen LogP contribution in [0.3, 0.4) is 0 Å². The standard InChI is InChI=1S/C13H13ClFN3/c1-18(8-9-4-2-3-5-11(9)15)13-7-10(16)6-12(14)17-13/h2-7H,8H2,1H3,(H2,16,17). The molecule has 94 valence electrons. The maximum absolute atomic E-state index is 13.5. The van der Waals surface area contributed by atoms with Crippen molar-refractivity contribution in [2.24, 2.45) is 0 Å². The van der Waals surface area contributed by atoms with E-state index in [-0.39, 0.29) is 5.82 Å². The topological polar surface area (TPSA) is 42.1 Å². The molecule has 0 saturated heterocycles. The van der Waals surface area contributed by atoms with Crippen molar-refractivity contribution in [2.75, 3.05) is 17.7 Å². The molecule has 0 fully saturated rings. The third kappa shape index (κ3) is 2.90. The lowest BCUT2D eigenvalue weighted by atomic mass is 10.2. The predicted octanol–water partition coefficient (Wildman–Crippen LogP) is 3.09. The third-order valence-corrected chi connectivity index (χ3v) is 2.75. The Balaban J connectivity index is 2.22. The maximum Gasteiger partial charge on any atom is 0.133 e. The van der Waals surface area contributed by atoms with Crippen molar-refractivity contribution in [3.63, 3.8) is 0 Å². The van der Waals surface area contributed by atoms with Gasteiger partial charge >= 0.3 is 0 Å². The van der Waals surface area contributed by atoms with Crippen LogP contribution >= 0.6 is 11.6 Å². The first kappa shape index (κ1) is 12.6. The van der Waals surface area contributed by atoms with Gasteiger partial charge in [-0.3, -0.25) is 0 Å². The molecule has 0 saturated carbocycles. The number of hydrogen-bond donors (Lipinski definition) is 1. The van der Waals surface area contributed by atoms with E-state index in [1.165, 1.54) is 6.07 Å². The van der Waals surface area contributed by atoms with Gasteiger partial charge in [-0.2, -0.15) is 0 Å². The monoisotopic (exact) mass is 265 g/mol. The molecule has 3 nitrogen and oxygen atoms in total. The molecule has 0 atom stereocenters. The molecule has 18 heavy (non-hydrogen) atoms. The van der Waals surface area contributed by atoms with E-state index in [0.717, 1.165) is 0 Å². The van der Waals surface area contributed by atoms with Crippen molar-refractivity contribution in [2.45, 2.75) is 6.54 Å². The van der Waals surface area contributed by atoms with Gasteiger partial charge < -0.3 is 10.6 Å². The highest BCUT2D eigenvalue weighted by atomic mass is 35.5. The second-order valence-electron chi connectivity index (χ2n) is 4.03. The summed E-state index contributed by atoms with van der Waals surface area (Å²) in [6.07, 6.45) is 0. The van der Waals surface area contributed by atoms with Gasteiger partial charge in [0.15, 0.2) is 0 Å². The molecule has 1 aromatic heterocycles. The molecule has 0 aliphatic rings. The molecule has 0 bridgehead atoms. The molecule has 0 aliphatic carbocycles. The third-order valence-electron chi connectivity index (χ3n) is 2.56. The largest absolute Gasteiger partial charge is 0.399 e. The summed E-state index contributed by atoms with van der Waals surface area (Å²) < 4.78 is 13.5. The summed E-state index contributed by atoms with van der Waals surface area (Å²) in [5, 5.41) is 0.324. The minimum absolute atomic E-state index is 0.237. The van der Waals surface area contributed by atoms with E-state index in [1.54, 1.807) is 35.2 Å². The van der Waals surface area contributed by atoms with Gasteiger partial charge in [0, 0.05) is 30.9 Å². The minimum atomic E-state index is -0.237. The summed E-state index contributed by atoms with van der Waals surface area (Å²) in [5.41, 5.74) is 6.83. The van der Waals surface area contributed by atoms with Crippen LogP contribution in [-0.4, -0.2) is 12.0 Å². The van der Waals surface area contributed by atoms with E-state index in [1.807, 2.05) is 7.05 Å². The van der Waals surface area contributed by atoms with Crippen LogP contribution in [0.15, 0.2) is 36.4 Å². The Labute approximate surface area is 110 Å². The number of anilines is 2. The van der Waals surface area contributed by atoms with Crippen LogP contribution in [0.5, 0.6) is 0 Å². The molecule has 2 rings (SSSR count). The summed E-state index contributed by atoms with van der Waals surface area (Å²) in [4.78, 5) is 5.94. The highest BCUT2D eigenvalue weighted by Gasteiger charge is 2.08. The molecule has 0 aliphatic heterocycles. The van der Waals surface area contributed by atoms with Crippen LogP contribution in [-0.2, 0) is 6.54 Å². The van der Waals surface area contributed by atoms with Gasteiger partial charge in [-0.1, -0.05) is 29.8 Å². The van der Waals surface area contributed by atoms with E-state index < -0.39 is 0 Å². The molecule has 1 heterocycles. The predicted molar refractivity (Wildman–Crippen MR) is 72.2 cm³/mol. The lowest BCUT2D eigenvalue weighted by Gasteiger charge is -2.19. The smallest absolute Gasteiger partial charge is 0.133 e. The Morgan fingerprint density at radius 3 is 2.72 bits per heavy atom. The van der Waals surface area contributed by atoms with Gasteiger partial charge in [0.1, 0.15) is 16.8 Å². The van der Waals surface area contributed by atoms with Crippen molar-refractivity contribution >= 4 is 23.1 Å². The number of aromatic nitrogens is 1. The first-order valence-corrected chi connectivity index (χ1v) is 5.81. The van der Waals surface area contributed by atoms with Crippen molar-refractivity contribution in [1.82, 2.24) is 4.98 Å². The number of nitrogens with two attached hydrogens (primary N) is 1. The average molecular weight is 266 g/mol. The van der Waals surface area contributed by atoms with Crippen LogP contribution < -0.4 is 10.6 Å². The Morgan fingerprint density at radius 2 is 2.06 bits per heavy atom. The van der Waals surface area contributed by atoms with Crippen molar-refractivity contribution in [3.05, 3.63) is 52.9 Å². The molecular formula is C13H13ClFN3. The van der Waals surface area contributed by atoms with Gasteiger partial charge in [-0.05, 0) is 12.1 Å². The quantitative estimate of drug-likeness (QED) is 0.867. The van der Waals surface area contributed by atoms with Crippen LogP contribution in [0, 0.1) is 5.82 Å².